The van der Waals surface area contributed by atoms with Gasteiger partial charge in [0.2, 0.25) is 0 Å². The van der Waals surface area contributed by atoms with Crippen LogP contribution in [0.5, 0.6) is 5.75 Å². The predicted molar refractivity (Wildman–Crippen MR) is 66.6 cm³/mol. The molecule has 0 spiro atoms. The zero-order valence-electron chi connectivity index (χ0n) is 9.04. The molecule has 0 amide bonds. The third-order valence-corrected chi connectivity index (χ3v) is 2.70. The van der Waals surface area contributed by atoms with Crippen molar-refractivity contribution < 1.29 is 5.11 Å². The lowest BCUT2D eigenvalue weighted by Crippen LogP contribution is -1.89. The lowest BCUT2D eigenvalue weighted by molar-refractivity contribution is 0.477. The average molecular weight is 222 g/mol. The molecule has 0 aliphatic carbocycles. The van der Waals surface area contributed by atoms with Gasteiger partial charge in [-0.3, -0.25) is 0 Å². The summed E-state index contributed by atoms with van der Waals surface area (Å²) in [5.41, 5.74) is 0.684. The highest BCUT2D eigenvalue weighted by Gasteiger charge is 2.10. The molecule has 1 N–H and O–H groups in total. The van der Waals surface area contributed by atoms with Gasteiger partial charge in [-0.05, 0) is 22.9 Å². The minimum Gasteiger partial charge on any atom is -0.507 e. The van der Waals surface area contributed by atoms with Gasteiger partial charge in [-0.2, -0.15) is 0 Å². The van der Waals surface area contributed by atoms with Crippen LogP contribution in [0.3, 0.4) is 0 Å². The fourth-order valence-corrected chi connectivity index (χ4v) is 1.92. The van der Waals surface area contributed by atoms with Crippen LogP contribution in [-0.2, 0) is 0 Å². The zero-order chi connectivity index (χ0) is 11.7. The monoisotopic (exact) mass is 222 g/mol. The van der Waals surface area contributed by atoms with Gasteiger partial charge in [0.1, 0.15) is 5.75 Å². The Morgan fingerprint density at radius 1 is 0.824 bits per heavy atom. The lowest BCUT2D eigenvalue weighted by atomic mass is 10.0. The summed E-state index contributed by atoms with van der Waals surface area (Å²) in [6.45, 7) is 0. The van der Waals surface area contributed by atoms with Crippen molar-refractivity contribution in [1.82, 2.24) is 9.97 Å². The number of benzene rings is 2. The van der Waals surface area contributed by atoms with Gasteiger partial charge in [0.25, 0.3) is 0 Å². The number of hydrogen-bond acceptors (Lipinski definition) is 3. The van der Waals surface area contributed by atoms with Crippen LogP contribution in [0.25, 0.3) is 22.2 Å². The Balaban J connectivity index is 2.39. The van der Waals surface area contributed by atoms with Crippen molar-refractivity contribution in [3.8, 4) is 17.1 Å². The molecule has 0 saturated heterocycles. The summed E-state index contributed by atoms with van der Waals surface area (Å²) < 4.78 is 0. The quantitative estimate of drug-likeness (QED) is 0.688. The van der Waals surface area contributed by atoms with Crippen LogP contribution < -0.4 is 0 Å². The van der Waals surface area contributed by atoms with Crippen LogP contribution in [0.2, 0.25) is 0 Å². The summed E-state index contributed by atoms with van der Waals surface area (Å²) >= 11 is 0. The molecule has 1 heterocycles. The zero-order valence-corrected chi connectivity index (χ0v) is 9.04. The van der Waals surface area contributed by atoms with Gasteiger partial charge in [0, 0.05) is 12.4 Å². The van der Waals surface area contributed by atoms with E-state index in [2.05, 4.69) is 9.97 Å². The van der Waals surface area contributed by atoms with E-state index in [1.165, 1.54) is 0 Å². The third kappa shape index (κ3) is 1.61. The number of phenols is 1. The summed E-state index contributed by atoms with van der Waals surface area (Å²) in [5, 5.41) is 12.0. The number of nitrogens with zero attached hydrogens (tertiary/aromatic N) is 2. The van der Waals surface area contributed by atoms with Crippen molar-refractivity contribution in [1.29, 1.82) is 0 Å². The van der Waals surface area contributed by atoms with Crippen LogP contribution in [0.1, 0.15) is 0 Å². The Kier molecular flexibility index (Phi) is 2.22. The smallest absolute Gasteiger partial charge is 0.163 e. The first-order valence-corrected chi connectivity index (χ1v) is 5.34. The molecule has 0 fully saturated rings. The maximum atomic E-state index is 9.98. The molecule has 0 radical (unpaired) electrons. The molecule has 0 aliphatic rings. The molecule has 2 aromatic carbocycles. The van der Waals surface area contributed by atoms with Gasteiger partial charge in [-0.25, -0.2) is 9.97 Å². The van der Waals surface area contributed by atoms with Crippen molar-refractivity contribution in [2.75, 3.05) is 0 Å². The molecule has 0 atom stereocenters. The molecule has 1 aromatic heterocycles. The molecule has 17 heavy (non-hydrogen) atoms. The van der Waals surface area contributed by atoms with Crippen LogP contribution in [-0.4, -0.2) is 15.1 Å². The minimum absolute atomic E-state index is 0.204. The van der Waals surface area contributed by atoms with Crippen molar-refractivity contribution in [3.05, 3.63) is 54.9 Å². The maximum absolute atomic E-state index is 9.98. The molecule has 0 unspecified atom stereocenters. The molecular weight excluding hydrogens is 212 g/mol. The molecule has 3 rings (SSSR count). The Morgan fingerprint density at radius 2 is 1.59 bits per heavy atom. The van der Waals surface area contributed by atoms with E-state index in [0.717, 1.165) is 10.8 Å². The predicted octanol–water partition coefficient (Wildman–Crippen LogP) is 3.00. The van der Waals surface area contributed by atoms with Crippen LogP contribution in [0.4, 0.5) is 0 Å². The Morgan fingerprint density at radius 3 is 2.41 bits per heavy atom. The fourth-order valence-electron chi connectivity index (χ4n) is 1.92. The molecule has 0 aliphatic heterocycles. The van der Waals surface area contributed by atoms with Crippen molar-refractivity contribution in [3.63, 3.8) is 0 Å². The summed E-state index contributed by atoms with van der Waals surface area (Å²) in [7, 11) is 0. The Labute approximate surface area is 98.4 Å². The van der Waals surface area contributed by atoms with E-state index >= 15 is 0 Å². The first-order chi connectivity index (χ1) is 8.36. The summed E-state index contributed by atoms with van der Waals surface area (Å²) in [5.74, 6) is 0.747. The minimum atomic E-state index is 0.204. The van der Waals surface area contributed by atoms with E-state index < -0.39 is 0 Å². The van der Waals surface area contributed by atoms with Gasteiger partial charge < -0.3 is 5.11 Å². The number of aromatic hydroxyl groups is 1. The molecule has 3 heteroatoms. The average Bonchev–Trinajstić information content (AvgIpc) is 2.39. The SMILES string of the molecule is Oc1ccc2ccccc2c1-c1ncccn1. The highest BCUT2D eigenvalue weighted by Crippen LogP contribution is 2.33. The molecule has 0 saturated carbocycles. The Hall–Kier alpha value is -2.42. The van der Waals surface area contributed by atoms with E-state index in [1.54, 1.807) is 24.5 Å². The second kappa shape index (κ2) is 3.87. The molecule has 3 aromatic rings. The van der Waals surface area contributed by atoms with Crippen LogP contribution >= 0.6 is 0 Å². The van der Waals surface area contributed by atoms with Crippen molar-refractivity contribution in [2.24, 2.45) is 0 Å². The third-order valence-electron chi connectivity index (χ3n) is 2.70. The van der Waals surface area contributed by atoms with E-state index in [-0.39, 0.29) is 5.75 Å². The lowest BCUT2D eigenvalue weighted by Gasteiger charge is -2.07. The summed E-state index contributed by atoms with van der Waals surface area (Å²) in [6.07, 6.45) is 3.34. The van der Waals surface area contributed by atoms with Gasteiger partial charge in [0.15, 0.2) is 5.82 Å². The highest BCUT2D eigenvalue weighted by atomic mass is 16.3. The molecule has 3 nitrogen and oxygen atoms in total. The topological polar surface area (TPSA) is 46.0 Å². The summed E-state index contributed by atoms with van der Waals surface area (Å²) in [6, 6.07) is 13.2. The highest BCUT2D eigenvalue weighted by molar-refractivity contribution is 5.97. The van der Waals surface area contributed by atoms with Gasteiger partial charge in [-0.15, -0.1) is 0 Å². The second-order valence-corrected chi connectivity index (χ2v) is 3.75. The fraction of sp³-hybridized carbons (Fsp3) is 0. The summed E-state index contributed by atoms with van der Waals surface area (Å²) in [4.78, 5) is 8.38. The Bertz CT molecular complexity index is 665. The molecule has 0 bridgehead atoms. The van der Waals surface area contributed by atoms with E-state index in [9.17, 15) is 5.11 Å². The van der Waals surface area contributed by atoms with E-state index in [1.807, 2.05) is 30.3 Å². The van der Waals surface area contributed by atoms with Gasteiger partial charge in [-0.1, -0.05) is 30.3 Å². The van der Waals surface area contributed by atoms with E-state index in [0.29, 0.717) is 11.4 Å². The normalized spacial score (nSPS) is 10.6. The largest absolute Gasteiger partial charge is 0.507 e. The van der Waals surface area contributed by atoms with Crippen LogP contribution in [0.15, 0.2) is 54.9 Å². The molecular formula is C14H10N2O. The number of hydrogen-bond donors (Lipinski definition) is 1. The van der Waals surface area contributed by atoms with Crippen molar-refractivity contribution in [2.45, 2.75) is 0 Å². The van der Waals surface area contributed by atoms with Crippen molar-refractivity contribution >= 4 is 10.8 Å². The number of rotatable bonds is 1. The van der Waals surface area contributed by atoms with Crippen LogP contribution in [0, 0.1) is 0 Å². The first kappa shape index (κ1) is 9.78. The number of phenolic OH excluding ortho intramolecular Hbond substituents is 1. The van der Waals surface area contributed by atoms with Gasteiger partial charge >= 0.3 is 0 Å². The van der Waals surface area contributed by atoms with E-state index in [4.69, 9.17) is 0 Å². The second-order valence-electron chi connectivity index (χ2n) is 3.75. The number of aromatic nitrogens is 2. The maximum Gasteiger partial charge on any atom is 0.163 e. The number of fused-ring (bicyclic) bond motifs is 1. The molecule has 82 valence electrons. The first-order valence-electron chi connectivity index (χ1n) is 5.34. The standard InChI is InChI=1S/C14H10N2O/c17-12-7-6-10-4-1-2-5-11(10)13(12)14-15-8-3-9-16-14/h1-9,17H. The van der Waals surface area contributed by atoms with Gasteiger partial charge in [0.05, 0.1) is 5.56 Å².